The van der Waals surface area contributed by atoms with E-state index >= 15 is 0 Å². The van der Waals surface area contributed by atoms with Crippen molar-refractivity contribution < 1.29 is 29.5 Å². The van der Waals surface area contributed by atoms with Gasteiger partial charge in [0.25, 0.3) is 0 Å². The summed E-state index contributed by atoms with van der Waals surface area (Å²) in [5, 5.41) is 31.0. The van der Waals surface area contributed by atoms with Crippen LogP contribution in [0.2, 0.25) is 5.02 Å². The Labute approximate surface area is 174 Å². The van der Waals surface area contributed by atoms with Crippen LogP contribution in [0.5, 0.6) is 5.75 Å². The van der Waals surface area contributed by atoms with Gasteiger partial charge in [-0.3, -0.25) is 0 Å². The zero-order chi connectivity index (χ0) is 20.6. The largest absolute Gasteiger partial charge is 0.494 e. The van der Waals surface area contributed by atoms with Gasteiger partial charge in [-0.25, -0.2) is 0 Å². The summed E-state index contributed by atoms with van der Waals surface area (Å²) < 4.78 is 17.4. The summed E-state index contributed by atoms with van der Waals surface area (Å²) in [6.45, 7) is 2.11. The van der Waals surface area contributed by atoms with E-state index in [1.54, 1.807) is 12.1 Å². The highest BCUT2D eigenvalue weighted by Gasteiger charge is 2.62. The summed E-state index contributed by atoms with van der Waals surface area (Å²) in [7, 11) is 0. The van der Waals surface area contributed by atoms with E-state index in [0.717, 1.165) is 16.9 Å². The number of rotatable bonds is 6. The van der Waals surface area contributed by atoms with Crippen molar-refractivity contribution in [1.29, 1.82) is 0 Å². The SMILES string of the molecule is CCOc1ccc(Cc2cc([C@]34CC(O)[C@H](O)[C@](CO)(CO3)O4)ccc2Cl)cc1. The molecule has 0 radical (unpaired) electrons. The lowest BCUT2D eigenvalue weighted by Gasteiger charge is -2.42. The van der Waals surface area contributed by atoms with E-state index in [-0.39, 0.29) is 13.0 Å². The molecule has 7 heteroatoms. The Bertz CT molecular complexity index is 872. The number of aliphatic hydroxyl groups excluding tert-OH is 3. The maximum Gasteiger partial charge on any atom is 0.198 e. The Kier molecular flexibility index (Phi) is 5.59. The third-order valence-corrected chi connectivity index (χ3v) is 6.05. The minimum atomic E-state index is -1.33. The average molecular weight is 421 g/mol. The minimum Gasteiger partial charge on any atom is -0.494 e. The molecule has 2 heterocycles. The molecule has 2 fully saturated rings. The number of hydrogen-bond donors (Lipinski definition) is 3. The molecule has 2 aromatic rings. The monoisotopic (exact) mass is 420 g/mol. The molecule has 4 atom stereocenters. The van der Waals surface area contributed by atoms with Gasteiger partial charge >= 0.3 is 0 Å². The molecule has 156 valence electrons. The van der Waals surface area contributed by atoms with Crippen molar-refractivity contribution in [2.45, 2.75) is 43.4 Å². The Hall–Kier alpha value is -1.67. The highest BCUT2D eigenvalue weighted by molar-refractivity contribution is 6.31. The van der Waals surface area contributed by atoms with Crippen LogP contribution in [-0.2, 0) is 21.7 Å². The first kappa shape index (κ1) is 20.6. The maximum atomic E-state index is 10.4. The van der Waals surface area contributed by atoms with Crippen LogP contribution < -0.4 is 4.74 Å². The van der Waals surface area contributed by atoms with E-state index in [9.17, 15) is 15.3 Å². The molecule has 4 rings (SSSR count). The summed E-state index contributed by atoms with van der Waals surface area (Å²) in [6.07, 6.45) is -1.60. The van der Waals surface area contributed by atoms with Gasteiger partial charge in [-0.15, -0.1) is 0 Å². The zero-order valence-corrected chi connectivity index (χ0v) is 16.9. The van der Waals surface area contributed by atoms with Gasteiger partial charge in [-0.2, -0.15) is 0 Å². The molecule has 2 saturated heterocycles. The standard InChI is InChI=1S/C22H25ClO6/c1-2-27-17-6-3-14(4-7-17)9-15-10-16(5-8-18(15)23)22-11-19(25)20(26)21(12-24,29-22)13-28-22/h3-8,10,19-20,24-26H,2,9,11-13H2,1H3/t19?,20-,21-,22+/m0/s1. The summed E-state index contributed by atoms with van der Waals surface area (Å²) in [6, 6.07) is 13.3. The Balaban J connectivity index is 1.62. The van der Waals surface area contributed by atoms with Crippen molar-refractivity contribution >= 4 is 11.6 Å². The second-order valence-electron chi connectivity index (χ2n) is 7.64. The lowest BCUT2D eigenvalue weighted by molar-refractivity contribution is -0.281. The molecule has 0 aromatic heterocycles. The van der Waals surface area contributed by atoms with E-state index < -0.39 is 30.2 Å². The minimum absolute atomic E-state index is 0.00141. The fraction of sp³-hybridized carbons (Fsp3) is 0.455. The van der Waals surface area contributed by atoms with Crippen molar-refractivity contribution in [1.82, 2.24) is 0 Å². The molecule has 2 aromatic carbocycles. The van der Waals surface area contributed by atoms with Crippen LogP contribution in [0.25, 0.3) is 0 Å². The topological polar surface area (TPSA) is 88.4 Å². The lowest BCUT2D eigenvalue weighted by atomic mass is 9.85. The van der Waals surface area contributed by atoms with Gasteiger partial charge in [0.15, 0.2) is 5.79 Å². The van der Waals surface area contributed by atoms with Crippen molar-refractivity contribution in [3.63, 3.8) is 0 Å². The van der Waals surface area contributed by atoms with Crippen LogP contribution in [0, 0.1) is 0 Å². The fourth-order valence-electron chi connectivity index (χ4n) is 4.08. The van der Waals surface area contributed by atoms with E-state index in [1.165, 1.54) is 0 Å². The first-order chi connectivity index (χ1) is 13.9. The van der Waals surface area contributed by atoms with E-state index in [0.29, 0.717) is 23.6 Å². The van der Waals surface area contributed by atoms with Crippen LogP contribution in [-0.4, -0.2) is 52.9 Å². The van der Waals surface area contributed by atoms with Crippen LogP contribution in [0.15, 0.2) is 42.5 Å². The second-order valence-corrected chi connectivity index (χ2v) is 8.05. The summed E-state index contributed by atoms with van der Waals surface area (Å²) in [4.78, 5) is 0. The number of aliphatic hydroxyl groups is 3. The molecular weight excluding hydrogens is 396 g/mol. The molecule has 1 unspecified atom stereocenters. The van der Waals surface area contributed by atoms with Crippen molar-refractivity contribution in [2.24, 2.45) is 0 Å². The quantitative estimate of drug-likeness (QED) is 0.665. The zero-order valence-electron chi connectivity index (χ0n) is 16.2. The first-order valence-corrected chi connectivity index (χ1v) is 10.1. The normalized spacial score (nSPS) is 31.1. The predicted octanol–water partition coefficient (Wildman–Crippen LogP) is 2.39. The summed E-state index contributed by atoms with van der Waals surface area (Å²) >= 11 is 6.44. The second kappa shape index (κ2) is 7.87. The molecule has 0 amide bonds. The molecule has 3 N–H and O–H groups in total. The molecule has 2 aliphatic heterocycles. The van der Waals surface area contributed by atoms with Gasteiger partial charge in [0.1, 0.15) is 17.5 Å². The first-order valence-electron chi connectivity index (χ1n) is 9.73. The number of hydrogen-bond acceptors (Lipinski definition) is 6. The van der Waals surface area contributed by atoms with Gasteiger partial charge in [-0.05, 0) is 48.7 Å². The Morgan fingerprint density at radius 2 is 1.93 bits per heavy atom. The molecule has 0 spiro atoms. The van der Waals surface area contributed by atoms with Crippen LogP contribution >= 0.6 is 11.6 Å². The van der Waals surface area contributed by atoms with Crippen molar-refractivity contribution in [3.05, 3.63) is 64.2 Å². The van der Waals surface area contributed by atoms with Crippen LogP contribution in [0.4, 0.5) is 0 Å². The predicted molar refractivity (Wildman–Crippen MR) is 107 cm³/mol. The number of halogens is 1. The average Bonchev–Trinajstić information content (AvgIpc) is 3.07. The molecule has 0 aliphatic carbocycles. The van der Waals surface area contributed by atoms with Crippen molar-refractivity contribution in [3.8, 4) is 5.75 Å². The number of fused-ring (bicyclic) bond motifs is 2. The Morgan fingerprint density at radius 1 is 1.17 bits per heavy atom. The molecule has 29 heavy (non-hydrogen) atoms. The number of benzene rings is 2. The third kappa shape index (κ3) is 3.65. The molecule has 2 bridgehead atoms. The van der Waals surface area contributed by atoms with Gasteiger partial charge < -0.3 is 29.5 Å². The lowest BCUT2D eigenvalue weighted by Crippen LogP contribution is -2.59. The van der Waals surface area contributed by atoms with E-state index in [2.05, 4.69) is 0 Å². The van der Waals surface area contributed by atoms with Crippen LogP contribution in [0.1, 0.15) is 30.0 Å². The van der Waals surface area contributed by atoms with E-state index in [4.69, 9.17) is 25.8 Å². The van der Waals surface area contributed by atoms with Gasteiger partial charge in [0.05, 0.1) is 25.9 Å². The molecule has 2 aliphatic rings. The van der Waals surface area contributed by atoms with Gasteiger partial charge in [0, 0.05) is 17.0 Å². The highest BCUT2D eigenvalue weighted by atomic mass is 35.5. The maximum absolute atomic E-state index is 10.4. The Morgan fingerprint density at radius 3 is 2.62 bits per heavy atom. The van der Waals surface area contributed by atoms with Crippen LogP contribution in [0.3, 0.4) is 0 Å². The summed E-state index contributed by atoms with van der Waals surface area (Å²) in [5.74, 6) is -0.405. The molecular formula is C22H25ClO6. The van der Waals surface area contributed by atoms with Gasteiger partial charge in [0.2, 0.25) is 0 Å². The van der Waals surface area contributed by atoms with E-state index in [1.807, 2.05) is 37.3 Å². The fourth-order valence-corrected chi connectivity index (χ4v) is 4.26. The number of ether oxygens (including phenoxy) is 3. The molecule has 6 nitrogen and oxygen atoms in total. The third-order valence-electron chi connectivity index (χ3n) is 5.68. The smallest absolute Gasteiger partial charge is 0.198 e. The molecule has 0 saturated carbocycles. The highest BCUT2D eigenvalue weighted by Crippen LogP contribution is 2.49. The van der Waals surface area contributed by atoms with Crippen molar-refractivity contribution in [2.75, 3.05) is 19.8 Å². The van der Waals surface area contributed by atoms with Gasteiger partial charge in [-0.1, -0.05) is 29.8 Å². The summed E-state index contributed by atoms with van der Waals surface area (Å²) in [5.41, 5.74) is 1.33.